The van der Waals surface area contributed by atoms with Gasteiger partial charge in [0.25, 0.3) is 0 Å². The summed E-state index contributed by atoms with van der Waals surface area (Å²) in [5.41, 5.74) is 2.29. The van der Waals surface area contributed by atoms with Crippen LogP contribution in [-0.2, 0) is 13.6 Å². The Morgan fingerprint density at radius 3 is 2.60 bits per heavy atom. The van der Waals surface area contributed by atoms with E-state index >= 15 is 0 Å². The maximum absolute atomic E-state index is 5.49. The normalized spacial score (nSPS) is 15.4. The first-order valence-corrected chi connectivity index (χ1v) is 8.53. The predicted octanol–water partition coefficient (Wildman–Crippen LogP) is 1.33. The van der Waals surface area contributed by atoms with E-state index in [1.807, 2.05) is 43.2 Å². The van der Waals surface area contributed by atoms with Gasteiger partial charge in [0.05, 0.1) is 25.0 Å². The molecule has 1 aromatic heterocycles. The van der Waals surface area contributed by atoms with Crippen LogP contribution in [0.15, 0.2) is 41.5 Å². The van der Waals surface area contributed by atoms with Crippen molar-refractivity contribution in [3.63, 3.8) is 0 Å². The number of methoxy groups -OCH3 is 1. The number of nitrogens with one attached hydrogen (secondary N) is 1. The number of hydrogen-bond donors (Lipinski definition) is 1. The minimum absolute atomic E-state index is 0.718. The van der Waals surface area contributed by atoms with Gasteiger partial charge in [-0.25, -0.2) is 0 Å². The van der Waals surface area contributed by atoms with Crippen LogP contribution in [-0.4, -0.2) is 61.0 Å². The average molecular weight is 342 g/mol. The zero-order valence-electron chi connectivity index (χ0n) is 15.1. The van der Waals surface area contributed by atoms with Gasteiger partial charge >= 0.3 is 0 Å². The molecule has 1 fully saturated rings. The fraction of sp³-hybridized carbons (Fsp3) is 0.444. The van der Waals surface area contributed by atoms with Crippen molar-refractivity contribution >= 4 is 11.6 Å². The molecule has 134 valence electrons. The Labute approximate surface area is 148 Å². The van der Waals surface area contributed by atoms with Gasteiger partial charge in [-0.15, -0.1) is 0 Å². The van der Waals surface area contributed by atoms with E-state index in [4.69, 9.17) is 4.74 Å². The van der Waals surface area contributed by atoms with Crippen LogP contribution in [0, 0.1) is 0 Å². The number of hydrogen-bond acceptors (Lipinski definition) is 4. The molecule has 25 heavy (non-hydrogen) atoms. The lowest BCUT2D eigenvalue weighted by Crippen LogP contribution is -2.52. The van der Waals surface area contributed by atoms with Crippen molar-refractivity contribution in [2.24, 2.45) is 12.0 Å². The standard InChI is InChI=1S/C18H26N6O/c1-19-18(20-14-15-8-9-21-22(15)2)24-12-10-23(11-13-24)16-6-4-5-7-17(16)25-3/h4-9H,10-14H2,1-3H3,(H,19,20). The molecule has 0 spiro atoms. The lowest BCUT2D eigenvalue weighted by Gasteiger charge is -2.38. The average Bonchev–Trinajstić information content (AvgIpc) is 3.07. The quantitative estimate of drug-likeness (QED) is 0.671. The molecule has 0 atom stereocenters. The van der Waals surface area contributed by atoms with Crippen molar-refractivity contribution in [3.05, 3.63) is 42.2 Å². The van der Waals surface area contributed by atoms with E-state index in [1.165, 1.54) is 0 Å². The molecule has 1 aliphatic rings. The van der Waals surface area contributed by atoms with Gasteiger partial charge in [0, 0.05) is 46.5 Å². The smallest absolute Gasteiger partial charge is 0.194 e. The van der Waals surface area contributed by atoms with Gasteiger partial charge in [-0.1, -0.05) is 12.1 Å². The SMILES string of the molecule is CN=C(NCc1ccnn1C)N1CCN(c2ccccc2OC)CC1. The maximum Gasteiger partial charge on any atom is 0.194 e. The van der Waals surface area contributed by atoms with Crippen LogP contribution in [0.2, 0.25) is 0 Å². The Morgan fingerprint density at radius 2 is 1.96 bits per heavy atom. The number of piperazine rings is 1. The largest absolute Gasteiger partial charge is 0.495 e. The Hall–Kier alpha value is -2.70. The number of aromatic nitrogens is 2. The van der Waals surface area contributed by atoms with E-state index in [1.54, 1.807) is 7.11 Å². The number of anilines is 1. The number of ether oxygens (including phenoxy) is 1. The molecule has 0 unspecified atom stereocenters. The first-order valence-electron chi connectivity index (χ1n) is 8.53. The second-order valence-electron chi connectivity index (χ2n) is 5.99. The summed E-state index contributed by atoms with van der Waals surface area (Å²) in [6.07, 6.45) is 1.81. The van der Waals surface area contributed by atoms with Crippen LogP contribution in [0.25, 0.3) is 0 Å². The topological polar surface area (TPSA) is 57.9 Å². The zero-order valence-corrected chi connectivity index (χ0v) is 15.1. The Kier molecular flexibility index (Phi) is 5.42. The molecule has 0 aliphatic carbocycles. The summed E-state index contributed by atoms with van der Waals surface area (Å²) >= 11 is 0. The van der Waals surface area contributed by atoms with Crippen molar-refractivity contribution in [1.29, 1.82) is 0 Å². The van der Waals surface area contributed by atoms with Gasteiger partial charge in [0.2, 0.25) is 0 Å². The molecule has 2 aromatic rings. The number of aryl methyl sites for hydroxylation is 1. The minimum Gasteiger partial charge on any atom is -0.495 e. The molecule has 7 heteroatoms. The van der Waals surface area contributed by atoms with E-state index in [2.05, 4.69) is 37.3 Å². The number of para-hydroxylation sites is 2. The lowest BCUT2D eigenvalue weighted by molar-refractivity contribution is 0.366. The summed E-state index contributed by atoms with van der Waals surface area (Å²) in [4.78, 5) is 9.09. The summed E-state index contributed by atoms with van der Waals surface area (Å²) in [7, 11) is 5.50. The second-order valence-corrected chi connectivity index (χ2v) is 5.99. The van der Waals surface area contributed by atoms with E-state index in [-0.39, 0.29) is 0 Å². The van der Waals surface area contributed by atoms with Crippen LogP contribution < -0.4 is 15.0 Å². The molecule has 7 nitrogen and oxygen atoms in total. The van der Waals surface area contributed by atoms with Crippen LogP contribution in [0.5, 0.6) is 5.75 Å². The summed E-state index contributed by atoms with van der Waals surface area (Å²) < 4.78 is 7.36. The lowest BCUT2D eigenvalue weighted by atomic mass is 10.2. The third-order valence-electron chi connectivity index (χ3n) is 4.57. The Morgan fingerprint density at radius 1 is 1.20 bits per heavy atom. The minimum atomic E-state index is 0.718. The summed E-state index contributed by atoms with van der Waals surface area (Å²) in [5.74, 6) is 1.86. The van der Waals surface area contributed by atoms with Gasteiger partial charge in [0.15, 0.2) is 5.96 Å². The fourth-order valence-electron chi connectivity index (χ4n) is 3.13. The van der Waals surface area contributed by atoms with Gasteiger partial charge < -0.3 is 19.9 Å². The molecule has 1 saturated heterocycles. The molecule has 0 radical (unpaired) electrons. The number of nitrogens with zero attached hydrogens (tertiary/aromatic N) is 5. The first kappa shape index (κ1) is 17.1. The van der Waals surface area contributed by atoms with Crippen molar-refractivity contribution in [1.82, 2.24) is 20.0 Å². The van der Waals surface area contributed by atoms with E-state index < -0.39 is 0 Å². The molecule has 0 saturated carbocycles. The van der Waals surface area contributed by atoms with Gasteiger partial charge in [0.1, 0.15) is 5.75 Å². The van der Waals surface area contributed by atoms with Gasteiger partial charge in [-0.3, -0.25) is 9.67 Å². The van der Waals surface area contributed by atoms with Crippen LogP contribution >= 0.6 is 0 Å². The predicted molar refractivity (Wildman–Crippen MR) is 100 cm³/mol. The summed E-state index contributed by atoms with van der Waals surface area (Å²) in [6, 6.07) is 10.2. The molecular formula is C18H26N6O. The highest BCUT2D eigenvalue weighted by Crippen LogP contribution is 2.28. The second kappa shape index (κ2) is 7.92. The fourth-order valence-corrected chi connectivity index (χ4v) is 3.13. The van der Waals surface area contributed by atoms with Crippen LogP contribution in [0.4, 0.5) is 5.69 Å². The summed E-state index contributed by atoms with van der Waals surface area (Å²) in [5, 5.41) is 7.63. The van der Waals surface area contributed by atoms with Crippen LogP contribution in [0.1, 0.15) is 5.69 Å². The van der Waals surface area contributed by atoms with Gasteiger partial charge in [-0.05, 0) is 18.2 Å². The highest BCUT2D eigenvalue weighted by atomic mass is 16.5. The van der Waals surface area contributed by atoms with E-state index in [9.17, 15) is 0 Å². The molecule has 1 N–H and O–H groups in total. The van der Waals surface area contributed by atoms with Crippen molar-refractivity contribution in [3.8, 4) is 5.75 Å². The Balaban J connectivity index is 1.58. The summed E-state index contributed by atoms with van der Waals surface area (Å²) in [6.45, 7) is 4.43. The van der Waals surface area contributed by atoms with Gasteiger partial charge in [-0.2, -0.15) is 5.10 Å². The monoisotopic (exact) mass is 342 g/mol. The number of rotatable bonds is 4. The maximum atomic E-state index is 5.49. The van der Waals surface area contributed by atoms with Crippen LogP contribution in [0.3, 0.4) is 0 Å². The molecule has 3 rings (SSSR count). The molecule has 0 amide bonds. The highest BCUT2D eigenvalue weighted by Gasteiger charge is 2.21. The molecule has 1 aliphatic heterocycles. The number of benzene rings is 1. The zero-order chi connectivity index (χ0) is 17.6. The van der Waals surface area contributed by atoms with E-state index in [0.29, 0.717) is 0 Å². The third-order valence-corrected chi connectivity index (χ3v) is 4.57. The Bertz CT molecular complexity index is 718. The highest BCUT2D eigenvalue weighted by molar-refractivity contribution is 5.80. The van der Waals surface area contributed by atoms with Crippen molar-refractivity contribution in [2.75, 3.05) is 45.2 Å². The van der Waals surface area contributed by atoms with E-state index in [0.717, 1.165) is 55.8 Å². The molecule has 2 heterocycles. The molecule has 0 bridgehead atoms. The van der Waals surface area contributed by atoms with Crippen molar-refractivity contribution in [2.45, 2.75) is 6.54 Å². The molecule has 1 aromatic carbocycles. The first-order chi connectivity index (χ1) is 12.2. The molecular weight excluding hydrogens is 316 g/mol. The number of aliphatic imine (C=N–C) groups is 1. The third kappa shape index (κ3) is 3.87. The van der Waals surface area contributed by atoms with Crippen molar-refractivity contribution < 1.29 is 4.74 Å². The number of guanidine groups is 1.